The van der Waals surface area contributed by atoms with Crippen LogP contribution in [0.4, 0.5) is 5.69 Å². The van der Waals surface area contributed by atoms with Gasteiger partial charge in [0.1, 0.15) is 11.5 Å². The van der Waals surface area contributed by atoms with Gasteiger partial charge in [0.05, 0.1) is 25.4 Å². The molecule has 0 saturated carbocycles. The second-order valence-corrected chi connectivity index (χ2v) is 5.85. The van der Waals surface area contributed by atoms with E-state index in [1.54, 1.807) is 14.2 Å². The van der Waals surface area contributed by atoms with Gasteiger partial charge in [-0.3, -0.25) is 0 Å². The van der Waals surface area contributed by atoms with E-state index in [4.69, 9.17) is 9.47 Å². The van der Waals surface area contributed by atoms with Gasteiger partial charge < -0.3 is 19.4 Å². The number of aromatic nitrogens is 1. The topological polar surface area (TPSA) is 35.4 Å². The predicted octanol–water partition coefficient (Wildman–Crippen LogP) is 3.67. The second kappa shape index (κ2) is 5.54. The van der Waals surface area contributed by atoms with E-state index in [0.29, 0.717) is 0 Å². The average Bonchev–Trinajstić information content (AvgIpc) is 3.21. The van der Waals surface area contributed by atoms with Gasteiger partial charge in [-0.05, 0) is 35.7 Å². The molecule has 1 aromatic heterocycles. The number of nitrogens with zero attached hydrogens (tertiary/aromatic N) is 1. The van der Waals surface area contributed by atoms with Crippen molar-refractivity contribution in [3.63, 3.8) is 0 Å². The molecule has 0 saturated heterocycles. The molecule has 0 radical (unpaired) electrons. The molecule has 0 amide bonds. The summed E-state index contributed by atoms with van der Waals surface area (Å²) in [5.41, 5.74) is 4.86. The lowest BCUT2D eigenvalue weighted by Gasteiger charge is -2.13. The summed E-state index contributed by atoms with van der Waals surface area (Å²) < 4.78 is 13.3. The zero-order valence-electron chi connectivity index (χ0n) is 13.4. The number of ether oxygens (including phenoxy) is 2. The van der Waals surface area contributed by atoms with E-state index in [9.17, 15) is 0 Å². The number of fused-ring (bicyclic) bond motifs is 2. The highest BCUT2D eigenvalue weighted by molar-refractivity contribution is 5.86. The van der Waals surface area contributed by atoms with Crippen LogP contribution < -0.4 is 14.8 Å². The highest BCUT2D eigenvalue weighted by Crippen LogP contribution is 2.35. The fourth-order valence-corrected chi connectivity index (χ4v) is 3.43. The van der Waals surface area contributed by atoms with Gasteiger partial charge in [0, 0.05) is 24.7 Å². The summed E-state index contributed by atoms with van der Waals surface area (Å²) in [4.78, 5) is 0. The summed E-state index contributed by atoms with van der Waals surface area (Å²) >= 11 is 0. The van der Waals surface area contributed by atoms with Gasteiger partial charge in [-0.15, -0.1) is 0 Å². The number of hydrogen-bond acceptors (Lipinski definition) is 3. The van der Waals surface area contributed by atoms with Gasteiger partial charge >= 0.3 is 0 Å². The maximum absolute atomic E-state index is 5.55. The maximum Gasteiger partial charge on any atom is 0.143 e. The van der Waals surface area contributed by atoms with E-state index < -0.39 is 0 Å². The molecule has 1 N–H and O–H groups in total. The van der Waals surface area contributed by atoms with Crippen LogP contribution in [0.15, 0.2) is 42.6 Å². The molecule has 4 nitrogen and oxygen atoms in total. The lowest BCUT2D eigenvalue weighted by molar-refractivity contribution is 0.415. The Morgan fingerprint density at radius 2 is 1.96 bits per heavy atom. The molecule has 0 aliphatic carbocycles. The Morgan fingerprint density at radius 1 is 1.09 bits per heavy atom. The van der Waals surface area contributed by atoms with Crippen LogP contribution in [0.25, 0.3) is 10.9 Å². The van der Waals surface area contributed by atoms with Crippen LogP contribution in [0.3, 0.4) is 0 Å². The third kappa shape index (κ3) is 2.31. The van der Waals surface area contributed by atoms with Crippen molar-refractivity contribution >= 4 is 16.6 Å². The molecule has 4 heteroatoms. The number of rotatable bonds is 4. The summed E-state index contributed by atoms with van der Waals surface area (Å²) in [5, 5.41) is 4.60. The fraction of sp³-hybridized carbons (Fsp3) is 0.263. The monoisotopic (exact) mass is 308 g/mol. The number of nitrogens with one attached hydrogen (secondary N) is 1. The Balaban J connectivity index is 1.77. The van der Waals surface area contributed by atoms with Crippen molar-refractivity contribution in [2.75, 3.05) is 26.1 Å². The lowest BCUT2D eigenvalue weighted by atomic mass is 10.1. The van der Waals surface area contributed by atoms with Crippen molar-refractivity contribution in [1.82, 2.24) is 4.57 Å². The van der Waals surface area contributed by atoms with Crippen molar-refractivity contribution in [2.45, 2.75) is 13.0 Å². The largest absolute Gasteiger partial charge is 0.495 e. The lowest BCUT2D eigenvalue weighted by Crippen LogP contribution is -2.01. The van der Waals surface area contributed by atoms with Crippen LogP contribution in [0.2, 0.25) is 0 Å². The Kier molecular flexibility index (Phi) is 3.37. The van der Waals surface area contributed by atoms with Gasteiger partial charge in [-0.1, -0.05) is 18.2 Å². The van der Waals surface area contributed by atoms with Gasteiger partial charge in [-0.25, -0.2) is 0 Å². The Bertz CT molecular complexity index is 867. The van der Waals surface area contributed by atoms with E-state index in [0.717, 1.165) is 42.2 Å². The Hall–Kier alpha value is -2.62. The van der Waals surface area contributed by atoms with Crippen LogP contribution in [-0.4, -0.2) is 25.3 Å². The quantitative estimate of drug-likeness (QED) is 0.798. The second-order valence-electron chi connectivity index (χ2n) is 5.85. The zero-order chi connectivity index (χ0) is 15.8. The molecule has 0 fully saturated rings. The SMILES string of the molecule is COc1cc(Cn2ccc3cccc(OC)c32)cc2c1NCC2. The minimum Gasteiger partial charge on any atom is -0.495 e. The molecule has 0 spiro atoms. The third-order valence-electron chi connectivity index (χ3n) is 4.48. The number of para-hydroxylation sites is 1. The first kappa shape index (κ1) is 14.0. The molecular formula is C19H20N2O2. The highest BCUT2D eigenvalue weighted by atomic mass is 16.5. The van der Waals surface area contributed by atoms with Crippen LogP contribution in [-0.2, 0) is 13.0 Å². The molecule has 1 aliphatic heterocycles. The van der Waals surface area contributed by atoms with Crippen LogP contribution in [0.1, 0.15) is 11.1 Å². The molecule has 0 bridgehead atoms. The van der Waals surface area contributed by atoms with Gasteiger partial charge in [0.15, 0.2) is 0 Å². The smallest absolute Gasteiger partial charge is 0.143 e. The molecule has 4 rings (SSSR count). The van der Waals surface area contributed by atoms with Crippen molar-refractivity contribution in [3.05, 3.63) is 53.7 Å². The van der Waals surface area contributed by atoms with Crippen LogP contribution in [0, 0.1) is 0 Å². The standard InChI is InChI=1S/C19H20N2O2/c1-22-16-5-3-4-14-7-9-21(19(14)16)12-13-10-15-6-8-20-18(15)17(11-13)23-2/h3-5,7,9-11,20H,6,8,12H2,1-2H3. The van der Waals surface area contributed by atoms with Gasteiger partial charge in [0.2, 0.25) is 0 Å². The van der Waals surface area contributed by atoms with E-state index in [2.05, 4.69) is 40.3 Å². The first-order valence-electron chi connectivity index (χ1n) is 7.85. The summed E-state index contributed by atoms with van der Waals surface area (Å²) in [6, 6.07) is 12.7. The summed E-state index contributed by atoms with van der Waals surface area (Å²) in [7, 11) is 3.45. The molecule has 0 atom stereocenters. The van der Waals surface area contributed by atoms with Crippen LogP contribution in [0.5, 0.6) is 11.5 Å². The number of anilines is 1. The predicted molar refractivity (Wildman–Crippen MR) is 92.8 cm³/mol. The molecular weight excluding hydrogens is 288 g/mol. The highest BCUT2D eigenvalue weighted by Gasteiger charge is 2.17. The minimum atomic E-state index is 0.799. The van der Waals surface area contributed by atoms with E-state index >= 15 is 0 Å². The normalized spacial score (nSPS) is 13.0. The minimum absolute atomic E-state index is 0.799. The van der Waals surface area contributed by atoms with E-state index in [1.807, 2.05) is 12.1 Å². The Morgan fingerprint density at radius 3 is 2.78 bits per heavy atom. The van der Waals surface area contributed by atoms with Crippen molar-refractivity contribution in [3.8, 4) is 11.5 Å². The maximum atomic E-state index is 5.55. The van der Waals surface area contributed by atoms with Crippen molar-refractivity contribution < 1.29 is 9.47 Å². The molecule has 3 aromatic rings. The van der Waals surface area contributed by atoms with E-state index in [1.165, 1.54) is 16.5 Å². The molecule has 1 aliphatic rings. The Labute approximate surface area is 135 Å². The molecule has 23 heavy (non-hydrogen) atoms. The van der Waals surface area contributed by atoms with Gasteiger partial charge in [0.25, 0.3) is 0 Å². The first-order valence-corrected chi connectivity index (χ1v) is 7.85. The average molecular weight is 308 g/mol. The number of benzene rings is 2. The molecule has 2 aromatic carbocycles. The number of methoxy groups -OCH3 is 2. The summed E-state index contributed by atoms with van der Waals surface area (Å²) in [6.07, 6.45) is 3.17. The van der Waals surface area contributed by atoms with E-state index in [-0.39, 0.29) is 0 Å². The third-order valence-corrected chi connectivity index (χ3v) is 4.48. The molecule has 0 unspecified atom stereocenters. The van der Waals surface area contributed by atoms with Crippen LogP contribution >= 0.6 is 0 Å². The zero-order valence-corrected chi connectivity index (χ0v) is 13.4. The fourth-order valence-electron chi connectivity index (χ4n) is 3.43. The number of hydrogen-bond donors (Lipinski definition) is 1. The summed E-state index contributed by atoms with van der Waals surface area (Å²) in [5.74, 6) is 1.83. The first-order chi connectivity index (χ1) is 11.3. The van der Waals surface area contributed by atoms with Crippen molar-refractivity contribution in [2.24, 2.45) is 0 Å². The molecule has 2 heterocycles. The summed E-state index contributed by atoms with van der Waals surface area (Å²) in [6.45, 7) is 1.78. The molecule has 118 valence electrons. The van der Waals surface area contributed by atoms with Crippen molar-refractivity contribution in [1.29, 1.82) is 0 Å². The van der Waals surface area contributed by atoms with Gasteiger partial charge in [-0.2, -0.15) is 0 Å².